The maximum absolute atomic E-state index is 11.6. The number of halogens is 1. The molecule has 15 heavy (non-hydrogen) atoms. The summed E-state index contributed by atoms with van der Waals surface area (Å²) in [6.07, 6.45) is 3.12. The van der Waals surface area contributed by atoms with E-state index in [-0.39, 0.29) is 17.1 Å². The zero-order valence-electron chi connectivity index (χ0n) is 9.42. The lowest BCUT2D eigenvalue weighted by atomic mass is 10.1. The van der Waals surface area contributed by atoms with Crippen LogP contribution in [0.4, 0.5) is 0 Å². The Morgan fingerprint density at radius 2 is 2.00 bits per heavy atom. The Balaban J connectivity index is 2.36. The van der Waals surface area contributed by atoms with E-state index < -0.39 is 10.0 Å². The number of alkyl halides is 1. The van der Waals surface area contributed by atoms with E-state index >= 15 is 0 Å². The van der Waals surface area contributed by atoms with Crippen molar-refractivity contribution in [1.29, 1.82) is 0 Å². The fourth-order valence-corrected chi connectivity index (χ4v) is 3.58. The summed E-state index contributed by atoms with van der Waals surface area (Å²) in [5.74, 6) is 1.00. The Morgan fingerprint density at radius 1 is 1.40 bits per heavy atom. The monoisotopic (exact) mass is 253 g/mol. The third kappa shape index (κ3) is 4.70. The van der Waals surface area contributed by atoms with Gasteiger partial charge in [-0.15, -0.1) is 11.6 Å². The highest BCUT2D eigenvalue weighted by Crippen LogP contribution is 2.48. The standard InChI is InChI=1S/C10H20ClNO2S/c1-9(2)7-15(13,14)12-8-10(3-4-10)5-6-11/h9,12H,3-8H2,1-2H3. The van der Waals surface area contributed by atoms with Crippen LogP contribution in [0.2, 0.25) is 0 Å². The van der Waals surface area contributed by atoms with Crippen molar-refractivity contribution >= 4 is 21.6 Å². The van der Waals surface area contributed by atoms with Gasteiger partial charge in [0, 0.05) is 12.4 Å². The minimum Gasteiger partial charge on any atom is -0.215 e. The fraction of sp³-hybridized carbons (Fsp3) is 1.00. The first-order chi connectivity index (χ1) is 6.89. The Kier molecular flexibility index (Phi) is 4.44. The number of rotatable bonds is 7. The van der Waals surface area contributed by atoms with Crippen LogP contribution in [0.1, 0.15) is 33.1 Å². The van der Waals surface area contributed by atoms with Gasteiger partial charge >= 0.3 is 0 Å². The van der Waals surface area contributed by atoms with Crippen LogP contribution in [0.15, 0.2) is 0 Å². The summed E-state index contributed by atoms with van der Waals surface area (Å²) in [5.41, 5.74) is 0.172. The molecule has 1 N–H and O–H groups in total. The van der Waals surface area contributed by atoms with Gasteiger partial charge in [0.15, 0.2) is 0 Å². The van der Waals surface area contributed by atoms with Crippen molar-refractivity contribution in [3.63, 3.8) is 0 Å². The average Bonchev–Trinajstić information content (AvgIpc) is 2.81. The highest BCUT2D eigenvalue weighted by molar-refractivity contribution is 7.89. The van der Waals surface area contributed by atoms with Gasteiger partial charge in [-0.2, -0.15) is 0 Å². The second-order valence-electron chi connectivity index (χ2n) is 4.94. The average molecular weight is 254 g/mol. The van der Waals surface area contributed by atoms with E-state index in [1.54, 1.807) is 0 Å². The van der Waals surface area contributed by atoms with Crippen LogP contribution in [0.5, 0.6) is 0 Å². The molecule has 0 aromatic heterocycles. The summed E-state index contributed by atoms with van der Waals surface area (Å²) in [7, 11) is -3.09. The highest BCUT2D eigenvalue weighted by atomic mass is 35.5. The lowest BCUT2D eigenvalue weighted by Gasteiger charge is -2.15. The minimum absolute atomic E-state index is 0.172. The molecule has 0 atom stereocenters. The van der Waals surface area contributed by atoms with Crippen molar-refractivity contribution in [2.24, 2.45) is 11.3 Å². The molecule has 90 valence electrons. The van der Waals surface area contributed by atoms with Crippen LogP contribution in [-0.4, -0.2) is 26.6 Å². The molecule has 0 aromatic rings. The van der Waals surface area contributed by atoms with Crippen molar-refractivity contribution in [2.45, 2.75) is 33.1 Å². The smallest absolute Gasteiger partial charge is 0.211 e. The zero-order valence-corrected chi connectivity index (χ0v) is 11.0. The van der Waals surface area contributed by atoms with E-state index in [4.69, 9.17) is 11.6 Å². The van der Waals surface area contributed by atoms with Crippen LogP contribution in [0.25, 0.3) is 0 Å². The zero-order chi connectivity index (χ0) is 11.5. The molecule has 1 aliphatic rings. The fourth-order valence-electron chi connectivity index (χ4n) is 1.65. The van der Waals surface area contributed by atoms with E-state index in [0.29, 0.717) is 12.4 Å². The number of nitrogens with one attached hydrogen (secondary N) is 1. The third-order valence-electron chi connectivity index (χ3n) is 2.80. The summed E-state index contributed by atoms with van der Waals surface area (Å²) < 4.78 is 25.8. The Morgan fingerprint density at radius 3 is 2.40 bits per heavy atom. The first-order valence-electron chi connectivity index (χ1n) is 5.42. The van der Waals surface area contributed by atoms with Gasteiger partial charge in [0.25, 0.3) is 0 Å². The lowest BCUT2D eigenvalue weighted by Crippen LogP contribution is -2.33. The Hall–Kier alpha value is 0.200. The van der Waals surface area contributed by atoms with E-state index in [1.165, 1.54) is 0 Å². The molecule has 0 radical (unpaired) electrons. The summed E-state index contributed by atoms with van der Waals surface area (Å²) >= 11 is 5.68. The van der Waals surface area contributed by atoms with Crippen molar-refractivity contribution in [1.82, 2.24) is 4.72 Å². The molecule has 0 unspecified atom stereocenters. The van der Waals surface area contributed by atoms with E-state index in [2.05, 4.69) is 4.72 Å². The van der Waals surface area contributed by atoms with Crippen LogP contribution >= 0.6 is 11.6 Å². The number of sulfonamides is 1. The Bertz CT molecular complexity index is 297. The second kappa shape index (κ2) is 5.02. The molecule has 1 saturated carbocycles. The maximum Gasteiger partial charge on any atom is 0.211 e. The molecule has 0 heterocycles. The van der Waals surface area contributed by atoms with E-state index in [0.717, 1.165) is 19.3 Å². The lowest BCUT2D eigenvalue weighted by molar-refractivity contribution is 0.476. The molecular formula is C10H20ClNO2S. The molecule has 5 heteroatoms. The summed E-state index contributed by atoms with van der Waals surface area (Å²) in [6, 6.07) is 0. The van der Waals surface area contributed by atoms with Gasteiger partial charge in [0.1, 0.15) is 0 Å². The first kappa shape index (κ1) is 13.3. The molecule has 1 aliphatic carbocycles. The van der Waals surface area contributed by atoms with Crippen LogP contribution < -0.4 is 4.72 Å². The SMILES string of the molecule is CC(C)CS(=O)(=O)NCC1(CCCl)CC1. The van der Waals surface area contributed by atoms with Crippen molar-refractivity contribution < 1.29 is 8.42 Å². The maximum atomic E-state index is 11.6. The molecular weight excluding hydrogens is 234 g/mol. The molecule has 3 nitrogen and oxygen atoms in total. The number of hydrogen-bond donors (Lipinski definition) is 1. The predicted molar refractivity (Wildman–Crippen MR) is 63.6 cm³/mol. The second-order valence-corrected chi connectivity index (χ2v) is 7.16. The topological polar surface area (TPSA) is 46.2 Å². The van der Waals surface area contributed by atoms with E-state index in [9.17, 15) is 8.42 Å². The van der Waals surface area contributed by atoms with Crippen molar-refractivity contribution in [2.75, 3.05) is 18.2 Å². The van der Waals surface area contributed by atoms with Gasteiger partial charge in [-0.05, 0) is 30.6 Å². The quantitative estimate of drug-likeness (QED) is 0.706. The molecule has 0 aromatic carbocycles. The van der Waals surface area contributed by atoms with Crippen LogP contribution in [0.3, 0.4) is 0 Å². The van der Waals surface area contributed by atoms with Crippen LogP contribution in [-0.2, 0) is 10.0 Å². The summed E-state index contributed by atoms with van der Waals surface area (Å²) in [4.78, 5) is 0. The van der Waals surface area contributed by atoms with Gasteiger partial charge in [-0.1, -0.05) is 13.8 Å². The normalized spacial score (nSPS) is 19.5. The molecule has 0 saturated heterocycles. The summed E-state index contributed by atoms with van der Waals surface area (Å²) in [6.45, 7) is 4.38. The first-order valence-corrected chi connectivity index (χ1v) is 7.61. The van der Waals surface area contributed by atoms with Crippen LogP contribution in [0, 0.1) is 11.3 Å². The summed E-state index contributed by atoms with van der Waals surface area (Å²) in [5, 5.41) is 0. The largest absolute Gasteiger partial charge is 0.215 e. The van der Waals surface area contributed by atoms with Gasteiger partial charge in [-0.3, -0.25) is 0 Å². The molecule has 0 spiro atoms. The van der Waals surface area contributed by atoms with Gasteiger partial charge in [0.2, 0.25) is 10.0 Å². The number of hydrogen-bond acceptors (Lipinski definition) is 2. The van der Waals surface area contributed by atoms with Gasteiger partial charge < -0.3 is 0 Å². The van der Waals surface area contributed by atoms with Crippen molar-refractivity contribution in [3.05, 3.63) is 0 Å². The predicted octanol–water partition coefficient (Wildman–Crippen LogP) is 1.97. The molecule has 0 bridgehead atoms. The Labute approximate surface area is 97.6 Å². The highest BCUT2D eigenvalue weighted by Gasteiger charge is 2.42. The third-order valence-corrected chi connectivity index (χ3v) is 4.68. The molecule has 0 aliphatic heterocycles. The van der Waals surface area contributed by atoms with Crippen molar-refractivity contribution in [3.8, 4) is 0 Å². The molecule has 0 amide bonds. The van der Waals surface area contributed by atoms with E-state index in [1.807, 2.05) is 13.8 Å². The molecule has 1 rings (SSSR count). The molecule has 1 fully saturated rings. The van der Waals surface area contributed by atoms with Gasteiger partial charge in [-0.25, -0.2) is 13.1 Å². The minimum atomic E-state index is -3.09. The van der Waals surface area contributed by atoms with Gasteiger partial charge in [0.05, 0.1) is 5.75 Å².